The second-order valence-electron chi connectivity index (χ2n) is 3.55. The first-order valence-electron chi connectivity index (χ1n) is 4.32. The van der Waals surface area contributed by atoms with E-state index < -0.39 is 0 Å². The molecule has 0 bridgehead atoms. The number of rotatable bonds is 1. The second-order valence-corrected chi connectivity index (χ2v) is 3.55. The molecule has 1 heterocycles. The molecule has 64 valence electrons. The average Bonchev–Trinajstić information content (AvgIpc) is 2.79. The van der Waals surface area contributed by atoms with Crippen molar-refractivity contribution in [3.05, 3.63) is 28.8 Å². The minimum Gasteiger partial charge on any atom is -0.255 e. The van der Waals surface area contributed by atoms with Crippen molar-refractivity contribution in [1.29, 1.82) is 0 Å². The van der Waals surface area contributed by atoms with Crippen molar-refractivity contribution in [3.8, 4) is 0 Å². The summed E-state index contributed by atoms with van der Waals surface area (Å²) >= 11 is 0. The SMILES string of the molecule is Cc1cc(C)c(F)c(C2CC2)n1. The molecule has 12 heavy (non-hydrogen) atoms. The van der Waals surface area contributed by atoms with Crippen LogP contribution in [0.5, 0.6) is 0 Å². The molecule has 0 radical (unpaired) electrons. The monoisotopic (exact) mass is 165 g/mol. The smallest absolute Gasteiger partial charge is 0.147 e. The van der Waals surface area contributed by atoms with Crippen molar-refractivity contribution in [2.75, 3.05) is 0 Å². The van der Waals surface area contributed by atoms with Crippen molar-refractivity contribution < 1.29 is 4.39 Å². The van der Waals surface area contributed by atoms with Crippen LogP contribution in [0.4, 0.5) is 4.39 Å². The fourth-order valence-electron chi connectivity index (χ4n) is 1.48. The summed E-state index contributed by atoms with van der Waals surface area (Å²) < 4.78 is 13.4. The molecule has 2 heteroatoms. The van der Waals surface area contributed by atoms with Crippen LogP contribution in [0.1, 0.15) is 35.7 Å². The lowest BCUT2D eigenvalue weighted by atomic mass is 10.1. The lowest BCUT2D eigenvalue weighted by molar-refractivity contribution is 0.589. The molecule has 1 aliphatic rings. The van der Waals surface area contributed by atoms with E-state index in [-0.39, 0.29) is 5.82 Å². The van der Waals surface area contributed by atoms with Gasteiger partial charge in [-0.15, -0.1) is 0 Å². The van der Waals surface area contributed by atoms with E-state index >= 15 is 0 Å². The Morgan fingerprint density at radius 1 is 1.42 bits per heavy atom. The Morgan fingerprint density at radius 2 is 2.08 bits per heavy atom. The number of hydrogen-bond acceptors (Lipinski definition) is 1. The Bertz CT molecular complexity index is 316. The van der Waals surface area contributed by atoms with E-state index in [9.17, 15) is 4.39 Å². The van der Waals surface area contributed by atoms with Crippen molar-refractivity contribution >= 4 is 0 Å². The van der Waals surface area contributed by atoms with Crippen molar-refractivity contribution in [2.24, 2.45) is 0 Å². The summed E-state index contributed by atoms with van der Waals surface area (Å²) in [5.41, 5.74) is 2.34. The van der Waals surface area contributed by atoms with E-state index in [1.807, 2.05) is 6.92 Å². The van der Waals surface area contributed by atoms with Crippen LogP contribution in [0, 0.1) is 19.7 Å². The summed E-state index contributed by atoms with van der Waals surface area (Å²) in [5.74, 6) is 0.312. The van der Waals surface area contributed by atoms with Crippen LogP contribution in [-0.2, 0) is 0 Å². The van der Waals surface area contributed by atoms with Crippen LogP contribution < -0.4 is 0 Å². The van der Waals surface area contributed by atoms with Gasteiger partial charge >= 0.3 is 0 Å². The summed E-state index contributed by atoms with van der Waals surface area (Å²) in [6.07, 6.45) is 2.21. The molecule has 1 aliphatic carbocycles. The summed E-state index contributed by atoms with van der Waals surface area (Å²) in [5, 5.41) is 0. The Kier molecular flexibility index (Phi) is 1.63. The topological polar surface area (TPSA) is 12.9 Å². The quantitative estimate of drug-likeness (QED) is 0.623. The molecule has 0 saturated heterocycles. The van der Waals surface area contributed by atoms with Gasteiger partial charge in [-0.1, -0.05) is 0 Å². The number of aromatic nitrogens is 1. The number of aryl methyl sites for hydroxylation is 2. The minimum atomic E-state index is -0.0944. The summed E-state index contributed by atoms with van der Waals surface area (Å²) in [6.45, 7) is 3.72. The van der Waals surface area contributed by atoms with Gasteiger partial charge in [0, 0.05) is 11.6 Å². The fourth-order valence-corrected chi connectivity index (χ4v) is 1.48. The molecule has 1 nitrogen and oxygen atoms in total. The highest BCUT2D eigenvalue weighted by atomic mass is 19.1. The van der Waals surface area contributed by atoms with Crippen LogP contribution in [0.15, 0.2) is 6.07 Å². The van der Waals surface area contributed by atoms with Crippen LogP contribution in [-0.4, -0.2) is 4.98 Å². The molecule has 1 aromatic rings. The summed E-state index contributed by atoms with van der Waals surface area (Å²) in [4.78, 5) is 4.22. The van der Waals surface area contributed by atoms with E-state index in [0.717, 1.165) is 24.1 Å². The molecule has 0 aromatic carbocycles. The highest BCUT2D eigenvalue weighted by molar-refractivity contribution is 5.26. The molecule has 2 rings (SSSR count). The highest BCUT2D eigenvalue weighted by Crippen LogP contribution is 2.40. The highest BCUT2D eigenvalue weighted by Gasteiger charge is 2.28. The van der Waals surface area contributed by atoms with Gasteiger partial charge in [0.2, 0.25) is 0 Å². The first-order valence-corrected chi connectivity index (χ1v) is 4.32. The molecule has 1 aromatic heterocycles. The summed E-state index contributed by atoms with van der Waals surface area (Å²) in [7, 11) is 0. The predicted octanol–water partition coefficient (Wildman–Crippen LogP) is 2.71. The molecule has 0 spiro atoms. The van der Waals surface area contributed by atoms with E-state index in [1.54, 1.807) is 13.0 Å². The maximum absolute atomic E-state index is 13.4. The standard InChI is InChI=1S/C10H12FN/c1-6-5-7(2)12-10(9(6)11)8-3-4-8/h5,8H,3-4H2,1-2H3. The van der Waals surface area contributed by atoms with Crippen molar-refractivity contribution in [3.63, 3.8) is 0 Å². The zero-order valence-corrected chi connectivity index (χ0v) is 7.39. The molecule has 0 atom stereocenters. The van der Waals surface area contributed by atoms with E-state index in [0.29, 0.717) is 11.6 Å². The first kappa shape index (κ1) is 7.71. The first-order chi connectivity index (χ1) is 5.68. The Hall–Kier alpha value is -0.920. The lowest BCUT2D eigenvalue weighted by Gasteiger charge is -2.04. The van der Waals surface area contributed by atoms with Crippen LogP contribution in [0.3, 0.4) is 0 Å². The molecule has 0 N–H and O–H groups in total. The summed E-state index contributed by atoms with van der Waals surface area (Å²) in [6, 6.07) is 1.79. The van der Waals surface area contributed by atoms with Crippen molar-refractivity contribution in [1.82, 2.24) is 4.98 Å². The van der Waals surface area contributed by atoms with Gasteiger partial charge in [0.15, 0.2) is 0 Å². The van der Waals surface area contributed by atoms with Crippen LogP contribution >= 0.6 is 0 Å². The van der Waals surface area contributed by atoms with E-state index in [1.165, 1.54) is 0 Å². The minimum absolute atomic E-state index is 0.0944. The zero-order chi connectivity index (χ0) is 8.72. The van der Waals surface area contributed by atoms with Gasteiger partial charge in [-0.05, 0) is 38.3 Å². The molecule has 0 amide bonds. The third-order valence-corrected chi connectivity index (χ3v) is 2.26. The fraction of sp³-hybridized carbons (Fsp3) is 0.500. The predicted molar refractivity (Wildman–Crippen MR) is 45.6 cm³/mol. The number of pyridine rings is 1. The lowest BCUT2D eigenvalue weighted by Crippen LogP contribution is -1.97. The molecule has 1 fully saturated rings. The van der Waals surface area contributed by atoms with E-state index in [2.05, 4.69) is 4.98 Å². The molecule has 0 aliphatic heterocycles. The van der Waals surface area contributed by atoms with Crippen molar-refractivity contribution in [2.45, 2.75) is 32.6 Å². The molecular formula is C10H12FN. The molecule has 0 unspecified atom stereocenters. The maximum atomic E-state index is 13.4. The van der Waals surface area contributed by atoms with Gasteiger partial charge in [-0.3, -0.25) is 4.98 Å². The Balaban J connectivity index is 2.51. The van der Waals surface area contributed by atoms with Gasteiger partial charge in [0.1, 0.15) is 5.82 Å². The third-order valence-electron chi connectivity index (χ3n) is 2.26. The van der Waals surface area contributed by atoms with Gasteiger partial charge in [0.25, 0.3) is 0 Å². The largest absolute Gasteiger partial charge is 0.255 e. The maximum Gasteiger partial charge on any atom is 0.147 e. The van der Waals surface area contributed by atoms with Crippen LogP contribution in [0.25, 0.3) is 0 Å². The third kappa shape index (κ3) is 1.22. The van der Waals surface area contributed by atoms with Crippen LogP contribution in [0.2, 0.25) is 0 Å². The van der Waals surface area contributed by atoms with Gasteiger partial charge in [-0.25, -0.2) is 4.39 Å². The molecule has 1 saturated carbocycles. The van der Waals surface area contributed by atoms with Gasteiger partial charge < -0.3 is 0 Å². The van der Waals surface area contributed by atoms with Gasteiger partial charge in [0.05, 0.1) is 5.69 Å². The van der Waals surface area contributed by atoms with E-state index in [4.69, 9.17) is 0 Å². The van der Waals surface area contributed by atoms with Gasteiger partial charge in [-0.2, -0.15) is 0 Å². The second kappa shape index (κ2) is 2.54. The average molecular weight is 165 g/mol. The number of hydrogen-bond donors (Lipinski definition) is 0. The zero-order valence-electron chi connectivity index (χ0n) is 7.39. The molecular weight excluding hydrogens is 153 g/mol. The Morgan fingerprint density at radius 3 is 2.67 bits per heavy atom. The number of nitrogens with zero attached hydrogens (tertiary/aromatic N) is 1. The normalized spacial score (nSPS) is 16.6. The Labute approximate surface area is 71.6 Å². The number of halogens is 1.